The van der Waals surface area contributed by atoms with Crippen molar-refractivity contribution < 1.29 is 8.83 Å². The standard InChI is InChI=1S/C62H60ClN3O.C53H41N3O/c1-6-42(4)13-12-14-43(5)35-44-20-34-61-56(36-44)54-31-30-51(39-62(54)67-61)65(49-26-21-46(22-27-49)45-15-8-7-9-16-45)50-28-23-47(24-29-50)48-25-33-60-55(37-48)53-17-10-11-18-59(53)66(60)52-38-57(63)58(64-40-52)32-19-41(2)3;1-2-9-36(10-3-1)37-16-18-38(19-17-37)39-20-25-42(26-21-39)55(44-29-31-49-48-13-5-7-15-52(48)57-53(49)34-44)43-27-22-40(23-28-43)41-24-30-47-46-12-4-6-14-50(46)56(51(47)33-41)45-11-8-32-54-35-45/h7-11,15-18,20-31,33-34,36-43H,6,12-14,19,32,35H2,1-5H3;4-8,11-36H,1-3,9-10H2. The van der Waals surface area contributed by atoms with Crippen molar-refractivity contribution in [1.82, 2.24) is 19.1 Å². The van der Waals surface area contributed by atoms with Crippen molar-refractivity contribution in [2.75, 3.05) is 9.80 Å². The third-order valence-electron chi connectivity index (χ3n) is 26.0. The average Bonchev–Trinajstić information content (AvgIpc) is 1.59. The van der Waals surface area contributed by atoms with E-state index in [2.05, 4.69) is 374 Å². The second-order valence-electron chi connectivity index (χ2n) is 34.8. The molecule has 124 heavy (non-hydrogen) atoms. The van der Waals surface area contributed by atoms with Gasteiger partial charge in [0.2, 0.25) is 0 Å². The van der Waals surface area contributed by atoms with Crippen LogP contribution in [0.4, 0.5) is 34.1 Å². The molecular formula is C115H101ClN6O2. The highest BCUT2D eigenvalue weighted by Gasteiger charge is 2.24. The van der Waals surface area contributed by atoms with Gasteiger partial charge in [-0.25, -0.2) is 0 Å². The third kappa shape index (κ3) is 15.9. The molecule has 20 aromatic rings. The van der Waals surface area contributed by atoms with Gasteiger partial charge in [0.25, 0.3) is 0 Å². The molecule has 2 atom stereocenters. The number of aryl methyl sites for hydroxylation is 1. The van der Waals surface area contributed by atoms with Crippen LogP contribution in [0.5, 0.6) is 0 Å². The molecule has 8 nitrogen and oxygen atoms in total. The first-order valence-electron chi connectivity index (χ1n) is 44.6. The van der Waals surface area contributed by atoms with Crippen LogP contribution in [-0.2, 0) is 12.8 Å². The lowest BCUT2D eigenvalue weighted by molar-refractivity contribution is 0.433. The third-order valence-corrected chi connectivity index (χ3v) is 26.4. The highest BCUT2D eigenvalue weighted by Crippen LogP contribution is 2.46. The predicted molar refractivity (Wildman–Crippen MR) is 523 cm³/mol. The summed E-state index contributed by atoms with van der Waals surface area (Å²) in [6.07, 6.45) is 20.6. The van der Waals surface area contributed by atoms with Gasteiger partial charge in [0.05, 0.1) is 56.6 Å². The Morgan fingerprint density at radius 2 is 0.839 bits per heavy atom. The molecule has 21 rings (SSSR count). The quantitative estimate of drug-likeness (QED) is 0.0636. The minimum Gasteiger partial charge on any atom is -0.456 e. The van der Waals surface area contributed by atoms with Crippen molar-refractivity contribution in [3.63, 3.8) is 0 Å². The molecule has 0 aliphatic heterocycles. The highest BCUT2D eigenvalue weighted by molar-refractivity contribution is 6.31. The van der Waals surface area contributed by atoms with E-state index >= 15 is 0 Å². The molecule has 2 unspecified atom stereocenters. The maximum Gasteiger partial charge on any atom is 0.137 e. The van der Waals surface area contributed by atoms with Crippen molar-refractivity contribution in [2.24, 2.45) is 17.8 Å². The van der Waals surface area contributed by atoms with Crippen LogP contribution in [0.3, 0.4) is 0 Å². The van der Waals surface area contributed by atoms with Crippen LogP contribution in [0.1, 0.15) is 122 Å². The van der Waals surface area contributed by atoms with Gasteiger partial charge in [-0.3, -0.25) is 9.97 Å². The fourth-order valence-electron chi connectivity index (χ4n) is 19.1. The average molecular weight is 1630 g/mol. The van der Waals surface area contributed by atoms with Crippen LogP contribution in [0, 0.1) is 17.8 Å². The predicted octanol–water partition coefficient (Wildman–Crippen LogP) is 33.4. The lowest BCUT2D eigenvalue weighted by Gasteiger charge is -2.26. The van der Waals surface area contributed by atoms with E-state index in [0.29, 0.717) is 17.8 Å². The van der Waals surface area contributed by atoms with E-state index in [1.165, 1.54) is 124 Å². The Hall–Kier alpha value is -13.5. The number of pyridine rings is 2. The first-order chi connectivity index (χ1) is 60.9. The molecule has 14 aromatic carbocycles. The summed E-state index contributed by atoms with van der Waals surface area (Å²) in [5, 5.41) is 10.2. The molecule has 1 aliphatic rings. The second-order valence-corrected chi connectivity index (χ2v) is 35.2. The first kappa shape index (κ1) is 79.0. The number of hydrogen-bond donors (Lipinski definition) is 0. The molecule has 1 saturated carbocycles. The Labute approximate surface area is 731 Å². The number of aromatic nitrogens is 4. The van der Waals surface area contributed by atoms with Gasteiger partial charge < -0.3 is 27.8 Å². The fourth-order valence-corrected chi connectivity index (χ4v) is 19.4. The lowest BCUT2D eigenvalue weighted by atomic mass is 9.84. The van der Waals surface area contributed by atoms with Gasteiger partial charge in [-0.05, 0) is 251 Å². The molecule has 0 N–H and O–H groups in total. The summed E-state index contributed by atoms with van der Waals surface area (Å²) < 4.78 is 17.6. The van der Waals surface area contributed by atoms with Gasteiger partial charge in [0.1, 0.15) is 22.3 Å². The van der Waals surface area contributed by atoms with Gasteiger partial charge in [0.15, 0.2) is 0 Å². The van der Waals surface area contributed by atoms with E-state index in [-0.39, 0.29) is 0 Å². The Kier molecular flexibility index (Phi) is 22.1. The molecule has 610 valence electrons. The zero-order chi connectivity index (χ0) is 83.7. The molecule has 0 spiro atoms. The van der Waals surface area contributed by atoms with E-state index in [4.69, 9.17) is 25.4 Å². The van der Waals surface area contributed by atoms with E-state index in [1.807, 2.05) is 36.8 Å². The molecule has 6 aromatic heterocycles. The number of para-hydroxylation sites is 3. The summed E-state index contributed by atoms with van der Waals surface area (Å²) in [6.45, 7) is 11.5. The fraction of sp³-hybridized carbons (Fsp3) is 0.183. The van der Waals surface area contributed by atoms with Crippen molar-refractivity contribution in [1.29, 1.82) is 0 Å². The Morgan fingerprint density at radius 3 is 1.44 bits per heavy atom. The summed E-state index contributed by atoms with van der Waals surface area (Å²) in [5.74, 6) is 2.76. The maximum atomic E-state index is 6.88. The van der Waals surface area contributed by atoms with E-state index in [0.717, 1.165) is 159 Å². The zero-order valence-corrected chi connectivity index (χ0v) is 71.9. The molecule has 0 radical (unpaired) electrons. The van der Waals surface area contributed by atoms with Crippen LogP contribution in [-0.4, -0.2) is 19.1 Å². The zero-order valence-electron chi connectivity index (χ0n) is 71.2. The minimum atomic E-state index is 0.595. The highest BCUT2D eigenvalue weighted by atomic mass is 35.5. The smallest absolute Gasteiger partial charge is 0.137 e. The number of fused-ring (bicyclic) bond motifs is 12. The molecule has 0 saturated heterocycles. The van der Waals surface area contributed by atoms with Crippen LogP contribution in [0.2, 0.25) is 5.02 Å². The first-order valence-corrected chi connectivity index (χ1v) is 45.0. The number of halogens is 1. The van der Waals surface area contributed by atoms with Crippen molar-refractivity contribution >= 4 is 133 Å². The summed E-state index contributed by atoms with van der Waals surface area (Å²) in [5.41, 5.74) is 29.9. The summed E-state index contributed by atoms with van der Waals surface area (Å²) in [6, 6.07) is 121. The summed E-state index contributed by atoms with van der Waals surface area (Å²) in [4.78, 5) is 14.0. The van der Waals surface area contributed by atoms with E-state index < -0.39 is 0 Å². The second kappa shape index (κ2) is 34.8. The van der Waals surface area contributed by atoms with E-state index in [1.54, 1.807) is 0 Å². The number of nitrogens with zero attached hydrogens (tertiary/aromatic N) is 6. The van der Waals surface area contributed by atoms with Gasteiger partial charge in [-0.1, -0.05) is 273 Å². The van der Waals surface area contributed by atoms with Gasteiger partial charge in [0, 0.05) is 95.5 Å². The van der Waals surface area contributed by atoms with Crippen molar-refractivity contribution in [3.8, 4) is 55.9 Å². The van der Waals surface area contributed by atoms with Crippen LogP contribution in [0.25, 0.3) is 143 Å². The van der Waals surface area contributed by atoms with Crippen molar-refractivity contribution in [2.45, 2.75) is 118 Å². The number of anilines is 6. The molecule has 9 heteroatoms. The molecular weight excluding hydrogens is 1530 g/mol. The maximum absolute atomic E-state index is 6.88. The van der Waals surface area contributed by atoms with Crippen LogP contribution in [0.15, 0.2) is 361 Å². The van der Waals surface area contributed by atoms with Gasteiger partial charge in [-0.2, -0.15) is 0 Å². The topological polar surface area (TPSA) is 68.4 Å². The van der Waals surface area contributed by atoms with Crippen LogP contribution >= 0.6 is 11.6 Å². The summed E-state index contributed by atoms with van der Waals surface area (Å²) >= 11 is 6.88. The Morgan fingerprint density at radius 1 is 0.363 bits per heavy atom. The van der Waals surface area contributed by atoms with Crippen LogP contribution < -0.4 is 9.80 Å². The number of hydrogen-bond acceptors (Lipinski definition) is 6. The minimum absolute atomic E-state index is 0.595. The number of rotatable bonds is 23. The monoisotopic (exact) mass is 1630 g/mol. The molecule has 0 amide bonds. The Balaban J connectivity index is 0.000000159. The molecule has 6 heterocycles. The van der Waals surface area contributed by atoms with Gasteiger partial charge in [-0.15, -0.1) is 0 Å². The molecule has 1 fully saturated rings. The largest absolute Gasteiger partial charge is 0.456 e. The number of furan rings is 2. The van der Waals surface area contributed by atoms with Crippen molar-refractivity contribution in [3.05, 3.63) is 374 Å². The number of benzene rings is 14. The van der Waals surface area contributed by atoms with E-state index in [9.17, 15) is 0 Å². The summed E-state index contributed by atoms with van der Waals surface area (Å²) in [7, 11) is 0. The van der Waals surface area contributed by atoms with Gasteiger partial charge >= 0.3 is 0 Å². The normalized spacial score (nSPS) is 13.1. The Bertz CT molecular complexity index is 7200. The SMILES string of the molecule is CCC(C)CCCC(C)Cc1ccc2oc3cc(N(c4ccc(-c5ccccc5)cc4)c4ccc(-c5ccc6c(c5)c5ccccc5n6-c5cnc(CCC(C)C)c(Cl)c5)cc4)ccc3c2c1.c1cncc(-n2c3ccccc3c3ccc(-c4ccc(N(c5ccc(-c6ccc(C7CCCCC7)cc6)cc5)c5ccc6c(c5)oc5ccccc56)cc4)cc32)c1. The lowest BCUT2D eigenvalue weighted by Crippen LogP contribution is -2.09. The molecule has 0 bridgehead atoms. The molecule has 1 aliphatic carbocycles.